The molecule has 1 atom stereocenters. The second-order valence-corrected chi connectivity index (χ2v) is 8.11. The molecule has 0 aliphatic rings. The maximum Gasteiger partial charge on any atom is 0.239 e. The van der Waals surface area contributed by atoms with Gasteiger partial charge in [-0.05, 0) is 57.9 Å². The average Bonchev–Trinajstić information content (AvgIpc) is 2.80. The normalized spacial score (nSPS) is 12.2. The standard InChI is InChI=1S/C25H47N5O3/c1-3-5-7-9-14-23(31)28-18-11-12-20-30(25(33)22(27)16-17-26)21-13-19-29-24(32)15-10-8-6-4-2/h5-8,22H,3-4,9-21,26-27H2,1-2H3,(H,28,31)(H,29,32)/b7-5-,8-6-/t22-/m0/s1. The minimum atomic E-state index is -0.606. The van der Waals surface area contributed by atoms with Crippen molar-refractivity contribution in [3.8, 4) is 0 Å². The highest BCUT2D eigenvalue weighted by atomic mass is 16.2. The minimum absolute atomic E-state index is 0.0226. The van der Waals surface area contributed by atoms with Crippen LogP contribution in [0.15, 0.2) is 24.3 Å². The monoisotopic (exact) mass is 465 g/mol. The Labute approximate surface area is 200 Å². The third-order valence-electron chi connectivity index (χ3n) is 5.09. The van der Waals surface area contributed by atoms with Gasteiger partial charge in [0.25, 0.3) is 0 Å². The Bertz CT molecular complexity index is 593. The van der Waals surface area contributed by atoms with Gasteiger partial charge in [0.05, 0.1) is 6.04 Å². The molecule has 0 unspecified atom stereocenters. The summed E-state index contributed by atoms with van der Waals surface area (Å²) in [5, 5.41) is 5.83. The van der Waals surface area contributed by atoms with Gasteiger partial charge in [0.1, 0.15) is 0 Å². The van der Waals surface area contributed by atoms with Crippen LogP contribution in [0, 0.1) is 0 Å². The van der Waals surface area contributed by atoms with Crippen molar-refractivity contribution in [3.05, 3.63) is 24.3 Å². The smallest absolute Gasteiger partial charge is 0.239 e. The quantitative estimate of drug-likeness (QED) is 0.162. The molecule has 0 spiro atoms. The third kappa shape index (κ3) is 18.0. The number of nitrogens with one attached hydrogen (secondary N) is 2. The summed E-state index contributed by atoms with van der Waals surface area (Å²) in [4.78, 5) is 38.1. The van der Waals surface area contributed by atoms with Crippen LogP contribution < -0.4 is 22.1 Å². The van der Waals surface area contributed by atoms with E-state index < -0.39 is 6.04 Å². The lowest BCUT2D eigenvalue weighted by Crippen LogP contribution is -2.46. The Balaban J connectivity index is 4.30. The van der Waals surface area contributed by atoms with Gasteiger partial charge in [-0.25, -0.2) is 0 Å². The van der Waals surface area contributed by atoms with Gasteiger partial charge in [0.2, 0.25) is 17.7 Å². The van der Waals surface area contributed by atoms with E-state index in [4.69, 9.17) is 11.5 Å². The lowest BCUT2D eigenvalue weighted by molar-refractivity contribution is -0.133. The minimum Gasteiger partial charge on any atom is -0.356 e. The molecule has 0 aromatic rings. The average molecular weight is 466 g/mol. The number of rotatable bonds is 20. The van der Waals surface area contributed by atoms with Crippen LogP contribution in [-0.4, -0.2) is 61.4 Å². The molecule has 190 valence electrons. The molecule has 0 aliphatic carbocycles. The van der Waals surface area contributed by atoms with Crippen molar-refractivity contribution in [3.63, 3.8) is 0 Å². The first-order chi connectivity index (χ1) is 16.0. The number of carbonyl (C=O) groups excluding carboxylic acids is 3. The summed E-state index contributed by atoms with van der Waals surface area (Å²) in [5.41, 5.74) is 11.5. The molecule has 0 saturated carbocycles. The zero-order valence-corrected chi connectivity index (χ0v) is 20.8. The molecule has 0 heterocycles. The van der Waals surface area contributed by atoms with Crippen LogP contribution in [0.5, 0.6) is 0 Å². The zero-order chi connectivity index (χ0) is 24.7. The van der Waals surface area contributed by atoms with E-state index >= 15 is 0 Å². The SMILES string of the molecule is CC/C=C\CCC(=O)NCCCCN(CCCNC(=O)CC/C=C\CC)C(=O)[C@@H](N)CCN. The Kier molecular flexibility index (Phi) is 20.2. The van der Waals surface area contributed by atoms with E-state index in [1.807, 2.05) is 12.2 Å². The molecule has 0 fully saturated rings. The van der Waals surface area contributed by atoms with Crippen molar-refractivity contribution in [1.82, 2.24) is 15.5 Å². The summed E-state index contributed by atoms with van der Waals surface area (Å²) in [6.07, 6.45) is 15.2. The van der Waals surface area contributed by atoms with Gasteiger partial charge in [-0.15, -0.1) is 0 Å². The van der Waals surface area contributed by atoms with E-state index in [-0.39, 0.29) is 17.7 Å². The Morgan fingerprint density at radius 2 is 1.33 bits per heavy atom. The highest BCUT2D eigenvalue weighted by molar-refractivity contribution is 5.81. The largest absolute Gasteiger partial charge is 0.356 e. The van der Waals surface area contributed by atoms with E-state index in [0.29, 0.717) is 58.4 Å². The number of nitrogens with two attached hydrogens (primary N) is 2. The number of nitrogens with zero attached hydrogens (tertiary/aromatic N) is 1. The number of unbranched alkanes of at least 4 members (excludes halogenated alkanes) is 1. The highest BCUT2D eigenvalue weighted by Crippen LogP contribution is 2.03. The van der Waals surface area contributed by atoms with E-state index in [1.54, 1.807) is 4.90 Å². The Morgan fingerprint density at radius 3 is 1.85 bits per heavy atom. The van der Waals surface area contributed by atoms with Crippen LogP contribution in [0.25, 0.3) is 0 Å². The molecule has 0 aromatic heterocycles. The van der Waals surface area contributed by atoms with Gasteiger partial charge in [-0.3, -0.25) is 14.4 Å². The summed E-state index contributed by atoms with van der Waals surface area (Å²) in [7, 11) is 0. The van der Waals surface area contributed by atoms with Crippen LogP contribution in [0.3, 0.4) is 0 Å². The van der Waals surface area contributed by atoms with Crippen molar-refractivity contribution in [1.29, 1.82) is 0 Å². The van der Waals surface area contributed by atoms with Gasteiger partial charge in [0.15, 0.2) is 0 Å². The maximum absolute atomic E-state index is 12.7. The van der Waals surface area contributed by atoms with Crippen LogP contribution in [0.4, 0.5) is 0 Å². The summed E-state index contributed by atoms with van der Waals surface area (Å²) in [6.45, 7) is 6.71. The van der Waals surface area contributed by atoms with Gasteiger partial charge in [0, 0.05) is 39.0 Å². The molecule has 0 rings (SSSR count). The van der Waals surface area contributed by atoms with E-state index in [2.05, 4.69) is 36.6 Å². The van der Waals surface area contributed by atoms with E-state index in [0.717, 1.165) is 38.5 Å². The fraction of sp³-hybridized carbons (Fsp3) is 0.720. The number of amides is 3. The van der Waals surface area contributed by atoms with Crippen LogP contribution in [-0.2, 0) is 14.4 Å². The van der Waals surface area contributed by atoms with E-state index in [1.165, 1.54) is 0 Å². The molecule has 0 radical (unpaired) electrons. The molecule has 0 saturated heterocycles. The summed E-state index contributed by atoms with van der Waals surface area (Å²) < 4.78 is 0. The number of hydrogen-bond acceptors (Lipinski definition) is 5. The summed E-state index contributed by atoms with van der Waals surface area (Å²) in [5.74, 6) is -0.0350. The van der Waals surface area contributed by atoms with Gasteiger partial charge in [-0.1, -0.05) is 38.2 Å². The molecular formula is C25H47N5O3. The number of hydrogen-bond donors (Lipinski definition) is 4. The molecule has 33 heavy (non-hydrogen) atoms. The van der Waals surface area contributed by atoms with Crippen LogP contribution in [0.1, 0.15) is 78.1 Å². The highest BCUT2D eigenvalue weighted by Gasteiger charge is 2.19. The van der Waals surface area contributed by atoms with Crippen molar-refractivity contribution < 1.29 is 14.4 Å². The molecular weight excluding hydrogens is 418 g/mol. The third-order valence-corrected chi connectivity index (χ3v) is 5.09. The zero-order valence-electron chi connectivity index (χ0n) is 20.8. The lowest BCUT2D eigenvalue weighted by Gasteiger charge is -2.26. The Hall–Kier alpha value is -2.19. The van der Waals surface area contributed by atoms with Gasteiger partial charge >= 0.3 is 0 Å². The summed E-state index contributed by atoms with van der Waals surface area (Å²) in [6, 6.07) is -0.606. The molecule has 3 amide bonds. The fourth-order valence-corrected chi connectivity index (χ4v) is 3.20. The van der Waals surface area contributed by atoms with E-state index in [9.17, 15) is 14.4 Å². The fourth-order valence-electron chi connectivity index (χ4n) is 3.20. The lowest BCUT2D eigenvalue weighted by atomic mass is 10.1. The molecule has 8 heteroatoms. The molecule has 8 nitrogen and oxygen atoms in total. The van der Waals surface area contributed by atoms with Crippen molar-refractivity contribution in [2.45, 2.75) is 84.1 Å². The molecule has 0 bridgehead atoms. The maximum atomic E-state index is 12.7. The first-order valence-electron chi connectivity index (χ1n) is 12.5. The van der Waals surface area contributed by atoms with Crippen LogP contribution in [0.2, 0.25) is 0 Å². The van der Waals surface area contributed by atoms with Gasteiger partial charge < -0.3 is 27.0 Å². The summed E-state index contributed by atoms with van der Waals surface area (Å²) >= 11 is 0. The predicted octanol–water partition coefficient (Wildman–Crippen LogP) is 2.39. The Morgan fingerprint density at radius 1 is 0.818 bits per heavy atom. The molecule has 0 aliphatic heterocycles. The molecule has 6 N–H and O–H groups in total. The molecule has 0 aromatic carbocycles. The van der Waals surface area contributed by atoms with Crippen molar-refractivity contribution in [2.24, 2.45) is 11.5 Å². The predicted molar refractivity (Wildman–Crippen MR) is 135 cm³/mol. The topological polar surface area (TPSA) is 131 Å². The van der Waals surface area contributed by atoms with Crippen molar-refractivity contribution >= 4 is 17.7 Å². The van der Waals surface area contributed by atoms with Crippen LogP contribution >= 0.6 is 0 Å². The second-order valence-electron chi connectivity index (χ2n) is 8.11. The first-order valence-corrected chi connectivity index (χ1v) is 12.5. The number of carbonyl (C=O) groups is 3. The second kappa shape index (κ2) is 21.6. The number of allylic oxidation sites excluding steroid dienone is 4. The van der Waals surface area contributed by atoms with Crippen molar-refractivity contribution in [2.75, 3.05) is 32.7 Å². The van der Waals surface area contributed by atoms with Gasteiger partial charge in [-0.2, -0.15) is 0 Å². The first kappa shape index (κ1) is 30.8.